The number of ether oxygens (including phenoxy) is 1. The van der Waals surface area contributed by atoms with Gasteiger partial charge in [0.2, 0.25) is 5.91 Å². The molecule has 1 aromatic carbocycles. The van der Waals surface area contributed by atoms with Gasteiger partial charge in [0.05, 0.1) is 11.6 Å². The molecule has 0 bridgehead atoms. The number of likely N-dealkylation sites (tertiary alicyclic amines) is 1. The second-order valence-electron chi connectivity index (χ2n) is 6.07. The van der Waals surface area contributed by atoms with Crippen molar-refractivity contribution >= 4 is 21.8 Å². The number of amides is 1. The maximum Gasteiger partial charge on any atom is 0.220 e. The van der Waals surface area contributed by atoms with Gasteiger partial charge < -0.3 is 15.0 Å². The number of methoxy groups -OCH3 is 1. The number of rotatable bonds is 8. The summed E-state index contributed by atoms with van der Waals surface area (Å²) in [7, 11) is 1.65. The molecule has 1 amide bonds. The molecule has 5 heteroatoms. The van der Waals surface area contributed by atoms with Crippen molar-refractivity contribution in [2.45, 2.75) is 38.5 Å². The molecule has 128 valence electrons. The highest BCUT2D eigenvalue weighted by Gasteiger charge is 2.09. The van der Waals surface area contributed by atoms with Crippen molar-refractivity contribution in [1.29, 1.82) is 0 Å². The summed E-state index contributed by atoms with van der Waals surface area (Å²) in [5, 5.41) is 3.03. The van der Waals surface area contributed by atoms with E-state index in [1.165, 1.54) is 32.4 Å². The molecule has 1 aliphatic heterocycles. The number of piperidine rings is 1. The zero-order valence-corrected chi connectivity index (χ0v) is 15.5. The largest absolute Gasteiger partial charge is 0.496 e. The second kappa shape index (κ2) is 9.93. The van der Waals surface area contributed by atoms with Gasteiger partial charge in [0.1, 0.15) is 5.75 Å². The Hall–Kier alpha value is -1.07. The molecule has 0 saturated carbocycles. The predicted octanol–water partition coefficient (Wildman–Crippen LogP) is 3.38. The summed E-state index contributed by atoms with van der Waals surface area (Å²) in [5.74, 6) is 0.950. The van der Waals surface area contributed by atoms with E-state index in [4.69, 9.17) is 4.74 Å². The Bertz CT molecular complexity index is 502. The normalized spacial score (nSPS) is 15.4. The summed E-state index contributed by atoms with van der Waals surface area (Å²) in [4.78, 5) is 14.4. The Labute approximate surface area is 147 Å². The topological polar surface area (TPSA) is 41.6 Å². The number of hydrogen-bond donors (Lipinski definition) is 1. The van der Waals surface area contributed by atoms with Gasteiger partial charge in [-0.05, 0) is 78.9 Å². The molecule has 1 aliphatic rings. The zero-order valence-electron chi connectivity index (χ0n) is 13.9. The number of benzene rings is 1. The second-order valence-corrected chi connectivity index (χ2v) is 6.93. The van der Waals surface area contributed by atoms with E-state index in [0.29, 0.717) is 6.42 Å². The first-order chi connectivity index (χ1) is 11.2. The molecule has 2 rings (SSSR count). The molecular formula is C18H27BrN2O2. The average Bonchev–Trinajstić information content (AvgIpc) is 2.58. The monoisotopic (exact) mass is 382 g/mol. The SMILES string of the molecule is COc1ccc(CCC(=O)NCCCN2CCCCC2)cc1Br. The highest BCUT2D eigenvalue weighted by Crippen LogP contribution is 2.25. The summed E-state index contributed by atoms with van der Waals surface area (Å²) >= 11 is 3.47. The molecule has 0 unspecified atom stereocenters. The van der Waals surface area contributed by atoms with Crippen LogP contribution in [0, 0.1) is 0 Å². The Kier molecular flexibility index (Phi) is 7.89. The lowest BCUT2D eigenvalue weighted by Crippen LogP contribution is -2.33. The smallest absolute Gasteiger partial charge is 0.220 e. The number of nitrogens with one attached hydrogen (secondary N) is 1. The van der Waals surface area contributed by atoms with Gasteiger partial charge in [0.15, 0.2) is 0 Å². The molecule has 1 aromatic rings. The fourth-order valence-electron chi connectivity index (χ4n) is 2.93. The van der Waals surface area contributed by atoms with Crippen molar-refractivity contribution in [3.05, 3.63) is 28.2 Å². The first kappa shape index (κ1) is 18.3. The lowest BCUT2D eigenvalue weighted by Gasteiger charge is -2.26. The van der Waals surface area contributed by atoms with Crippen LogP contribution in [0.2, 0.25) is 0 Å². The first-order valence-electron chi connectivity index (χ1n) is 8.50. The highest BCUT2D eigenvalue weighted by atomic mass is 79.9. The number of aryl methyl sites for hydroxylation is 1. The fourth-order valence-corrected chi connectivity index (χ4v) is 3.51. The number of halogens is 1. The number of nitrogens with zero attached hydrogens (tertiary/aromatic N) is 1. The summed E-state index contributed by atoms with van der Waals surface area (Å²) in [6.45, 7) is 4.33. The van der Waals surface area contributed by atoms with Crippen molar-refractivity contribution in [2.75, 3.05) is 33.3 Å². The third-order valence-electron chi connectivity index (χ3n) is 4.28. The zero-order chi connectivity index (χ0) is 16.5. The Balaban J connectivity index is 1.60. The number of carbonyl (C=O) groups is 1. The molecule has 1 N–H and O–H groups in total. The molecule has 1 fully saturated rings. The minimum absolute atomic E-state index is 0.135. The molecule has 4 nitrogen and oxygen atoms in total. The van der Waals surface area contributed by atoms with E-state index in [2.05, 4.69) is 26.1 Å². The molecule has 0 radical (unpaired) electrons. The molecule has 0 atom stereocenters. The lowest BCUT2D eigenvalue weighted by molar-refractivity contribution is -0.121. The fraction of sp³-hybridized carbons (Fsp3) is 0.611. The highest BCUT2D eigenvalue weighted by molar-refractivity contribution is 9.10. The number of carbonyl (C=O) groups excluding carboxylic acids is 1. The minimum atomic E-state index is 0.135. The first-order valence-corrected chi connectivity index (χ1v) is 9.30. The van der Waals surface area contributed by atoms with Crippen LogP contribution in [0.25, 0.3) is 0 Å². The Morgan fingerprint density at radius 2 is 2.09 bits per heavy atom. The van der Waals surface area contributed by atoms with Crippen LogP contribution in [0.3, 0.4) is 0 Å². The Morgan fingerprint density at radius 3 is 2.78 bits per heavy atom. The van der Waals surface area contributed by atoms with Gasteiger partial charge in [-0.3, -0.25) is 4.79 Å². The van der Waals surface area contributed by atoms with Gasteiger partial charge in [-0.1, -0.05) is 12.5 Å². The van der Waals surface area contributed by atoms with E-state index in [9.17, 15) is 4.79 Å². The van der Waals surface area contributed by atoms with E-state index in [1.54, 1.807) is 7.11 Å². The van der Waals surface area contributed by atoms with Crippen molar-refractivity contribution in [3.8, 4) is 5.75 Å². The molecule has 1 saturated heterocycles. The van der Waals surface area contributed by atoms with Gasteiger partial charge in [-0.2, -0.15) is 0 Å². The van der Waals surface area contributed by atoms with Gasteiger partial charge in [0, 0.05) is 13.0 Å². The minimum Gasteiger partial charge on any atom is -0.496 e. The number of hydrogen-bond acceptors (Lipinski definition) is 3. The van der Waals surface area contributed by atoms with Gasteiger partial charge in [-0.25, -0.2) is 0 Å². The summed E-state index contributed by atoms with van der Waals surface area (Å²) < 4.78 is 6.14. The van der Waals surface area contributed by atoms with E-state index in [-0.39, 0.29) is 5.91 Å². The molecule has 0 spiro atoms. The predicted molar refractivity (Wildman–Crippen MR) is 96.9 cm³/mol. The molecule has 23 heavy (non-hydrogen) atoms. The Morgan fingerprint density at radius 1 is 1.30 bits per heavy atom. The van der Waals surface area contributed by atoms with E-state index in [1.807, 2.05) is 18.2 Å². The third kappa shape index (κ3) is 6.51. The third-order valence-corrected chi connectivity index (χ3v) is 4.90. The van der Waals surface area contributed by atoms with Crippen LogP contribution in [0.5, 0.6) is 5.75 Å². The molecule has 1 heterocycles. The molecular weight excluding hydrogens is 356 g/mol. The molecule has 0 aliphatic carbocycles. The van der Waals surface area contributed by atoms with Gasteiger partial charge >= 0.3 is 0 Å². The molecule has 0 aromatic heterocycles. The summed E-state index contributed by atoms with van der Waals surface area (Å²) in [5.41, 5.74) is 1.14. The van der Waals surface area contributed by atoms with Crippen LogP contribution in [0.15, 0.2) is 22.7 Å². The van der Waals surface area contributed by atoms with Crippen LogP contribution in [0.1, 0.15) is 37.7 Å². The van der Waals surface area contributed by atoms with E-state index >= 15 is 0 Å². The van der Waals surface area contributed by atoms with Gasteiger partial charge in [-0.15, -0.1) is 0 Å². The van der Waals surface area contributed by atoms with Crippen molar-refractivity contribution in [3.63, 3.8) is 0 Å². The van der Waals surface area contributed by atoms with Crippen LogP contribution in [-0.4, -0.2) is 44.1 Å². The maximum atomic E-state index is 11.9. The van der Waals surface area contributed by atoms with E-state index in [0.717, 1.165) is 41.7 Å². The lowest BCUT2D eigenvalue weighted by atomic mass is 10.1. The standard InChI is InChI=1S/C18H27BrN2O2/c1-23-17-8-6-15(14-16(17)19)7-9-18(22)20-10-5-13-21-11-3-2-4-12-21/h6,8,14H,2-5,7,9-13H2,1H3,(H,20,22). The van der Waals surface area contributed by atoms with Crippen molar-refractivity contribution < 1.29 is 9.53 Å². The van der Waals surface area contributed by atoms with E-state index < -0.39 is 0 Å². The summed E-state index contributed by atoms with van der Waals surface area (Å²) in [6.07, 6.45) is 6.34. The maximum absolute atomic E-state index is 11.9. The van der Waals surface area contributed by atoms with Crippen molar-refractivity contribution in [2.24, 2.45) is 0 Å². The quantitative estimate of drug-likeness (QED) is 0.700. The van der Waals surface area contributed by atoms with Crippen molar-refractivity contribution in [1.82, 2.24) is 10.2 Å². The van der Waals surface area contributed by atoms with Crippen LogP contribution >= 0.6 is 15.9 Å². The van der Waals surface area contributed by atoms with Crippen LogP contribution in [-0.2, 0) is 11.2 Å². The average molecular weight is 383 g/mol. The van der Waals surface area contributed by atoms with Gasteiger partial charge in [0.25, 0.3) is 0 Å². The van der Waals surface area contributed by atoms with Crippen LogP contribution in [0.4, 0.5) is 0 Å². The summed E-state index contributed by atoms with van der Waals surface area (Å²) in [6, 6.07) is 5.95. The van der Waals surface area contributed by atoms with Crippen LogP contribution < -0.4 is 10.1 Å².